The number of hydrogen-bond acceptors (Lipinski definition) is 3. The van der Waals surface area contributed by atoms with Gasteiger partial charge in [-0.05, 0) is 70.3 Å². The summed E-state index contributed by atoms with van der Waals surface area (Å²) in [5, 5.41) is 2.68. The number of ether oxygens (including phenoxy) is 1. The number of nitrogens with one attached hydrogen (secondary N) is 1. The highest BCUT2D eigenvalue weighted by Crippen LogP contribution is 2.32. The van der Waals surface area contributed by atoms with Gasteiger partial charge in [0, 0.05) is 15.0 Å². The van der Waals surface area contributed by atoms with Gasteiger partial charge in [0.05, 0.1) is 5.69 Å². The molecular weight excluding hydrogens is 390 g/mol. The lowest BCUT2D eigenvalue weighted by Gasteiger charge is -2.10. The molecule has 20 heavy (non-hydrogen) atoms. The smallest absolute Gasteiger partial charge is 0.331 e. The summed E-state index contributed by atoms with van der Waals surface area (Å²) < 4.78 is 6.35. The zero-order valence-corrected chi connectivity index (χ0v) is 14.6. The number of anilines is 1. The van der Waals surface area contributed by atoms with E-state index in [-0.39, 0.29) is 6.61 Å². The maximum Gasteiger partial charge on any atom is 0.331 e. The molecule has 0 saturated carbocycles. The van der Waals surface area contributed by atoms with Crippen LogP contribution in [0.5, 0.6) is 0 Å². The van der Waals surface area contributed by atoms with Gasteiger partial charge in [0.1, 0.15) is 0 Å². The minimum absolute atomic E-state index is 0.324. The Labute approximate surface area is 134 Å². The second-order valence-corrected chi connectivity index (χ2v) is 6.19. The Kier molecular flexibility index (Phi) is 6.42. The third-order valence-electron chi connectivity index (χ3n) is 2.20. The molecule has 108 valence electrons. The molecular formula is C14H15Br2NO3. The number of carbonyl (C=O) groups excluding carboxylic acids is 2. The van der Waals surface area contributed by atoms with Gasteiger partial charge < -0.3 is 10.1 Å². The van der Waals surface area contributed by atoms with E-state index >= 15 is 0 Å². The lowest BCUT2D eigenvalue weighted by Crippen LogP contribution is -2.20. The van der Waals surface area contributed by atoms with Crippen molar-refractivity contribution >= 4 is 49.4 Å². The van der Waals surface area contributed by atoms with E-state index < -0.39 is 11.9 Å². The molecule has 1 aromatic rings. The normalized spacial score (nSPS) is 9.85. The van der Waals surface area contributed by atoms with Crippen LogP contribution in [-0.2, 0) is 14.3 Å². The predicted molar refractivity (Wildman–Crippen MR) is 85.6 cm³/mol. The third-order valence-corrected chi connectivity index (χ3v) is 3.45. The number of halogens is 2. The van der Waals surface area contributed by atoms with Crippen LogP contribution in [0.3, 0.4) is 0 Å². The van der Waals surface area contributed by atoms with E-state index in [0.717, 1.165) is 20.1 Å². The average Bonchev–Trinajstić information content (AvgIpc) is 2.30. The number of hydrogen-bond donors (Lipinski definition) is 1. The highest BCUT2D eigenvalue weighted by atomic mass is 79.9. The van der Waals surface area contributed by atoms with Crippen molar-refractivity contribution in [3.63, 3.8) is 0 Å². The molecule has 6 heteroatoms. The Balaban J connectivity index is 2.64. The molecule has 0 radical (unpaired) electrons. The van der Waals surface area contributed by atoms with Crippen molar-refractivity contribution in [2.45, 2.75) is 20.8 Å². The number of benzene rings is 1. The first kappa shape index (κ1) is 16.9. The molecule has 1 rings (SSSR count). The van der Waals surface area contributed by atoms with Crippen molar-refractivity contribution in [1.29, 1.82) is 0 Å². The van der Waals surface area contributed by atoms with Gasteiger partial charge in [-0.3, -0.25) is 4.79 Å². The lowest BCUT2D eigenvalue weighted by molar-refractivity contribution is -0.142. The van der Waals surface area contributed by atoms with Gasteiger partial charge in [-0.1, -0.05) is 5.57 Å². The van der Waals surface area contributed by atoms with Gasteiger partial charge in [0.2, 0.25) is 0 Å². The van der Waals surface area contributed by atoms with Crippen LogP contribution in [0.15, 0.2) is 32.7 Å². The molecule has 0 unspecified atom stereocenters. The van der Waals surface area contributed by atoms with Crippen LogP contribution >= 0.6 is 31.9 Å². The molecule has 1 aromatic carbocycles. The van der Waals surface area contributed by atoms with Crippen LogP contribution in [-0.4, -0.2) is 18.5 Å². The zero-order chi connectivity index (χ0) is 15.3. The first-order chi connectivity index (χ1) is 9.29. The topological polar surface area (TPSA) is 55.4 Å². The van der Waals surface area contributed by atoms with Crippen LogP contribution in [0, 0.1) is 6.92 Å². The van der Waals surface area contributed by atoms with Gasteiger partial charge in [-0.15, -0.1) is 0 Å². The van der Waals surface area contributed by atoms with Gasteiger partial charge >= 0.3 is 5.97 Å². The lowest BCUT2D eigenvalue weighted by atomic mass is 10.2. The molecule has 1 amide bonds. The Morgan fingerprint density at radius 3 is 2.30 bits per heavy atom. The number of allylic oxidation sites excluding steroid dienone is 1. The van der Waals surface area contributed by atoms with Crippen LogP contribution in [0.4, 0.5) is 5.69 Å². The van der Waals surface area contributed by atoms with E-state index in [9.17, 15) is 9.59 Å². The highest BCUT2D eigenvalue weighted by Gasteiger charge is 2.11. The summed E-state index contributed by atoms with van der Waals surface area (Å²) in [5.74, 6) is -0.923. The first-order valence-electron chi connectivity index (χ1n) is 5.86. The highest BCUT2D eigenvalue weighted by molar-refractivity contribution is 9.11. The molecule has 0 aliphatic carbocycles. The van der Waals surface area contributed by atoms with Crippen LogP contribution in [0.25, 0.3) is 0 Å². The van der Waals surface area contributed by atoms with E-state index in [1.54, 1.807) is 13.8 Å². The number of rotatable bonds is 4. The van der Waals surface area contributed by atoms with E-state index in [4.69, 9.17) is 4.74 Å². The van der Waals surface area contributed by atoms with Gasteiger partial charge in [-0.25, -0.2) is 4.79 Å². The maximum absolute atomic E-state index is 11.7. The van der Waals surface area contributed by atoms with Gasteiger partial charge in [0.25, 0.3) is 5.91 Å². The molecule has 0 aromatic heterocycles. The Morgan fingerprint density at radius 1 is 1.25 bits per heavy atom. The van der Waals surface area contributed by atoms with Crippen molar-refractivity contribution in [2.75, 3.05) is 11.9 Å². The monoisotopic (exact) mass is 403 g/mol. The Hall–Kier alpha value is -1.14. The molecule has 0 fully saturated rings. The summed E-state index contributed by atoms with van der Waals surface area (Å²) in [6.45, 7) is 5.18. The van der Waals surface area contributed by atoms with E-state index in [0.29, 0.717) is 5.69 Å². The largest absolute Gasteiger partial charge is 0.452 e. The minimum atomic E-state index is -0.526. The second-order valence-electron chi connectivity index (χ2n) is 4.48. The van der Waals surface area contributed by atoms with Crippen molar-refractivity contribution < 1.29 is 14.3 Å². The minimum Gasteiger partial charge on any atom is -0.452 e. The summed E-state index contributed by atoms with van der Waals surface area (Å²) in [6, 6.07) is 3.77. The molecule has 1 N–H and O–H groups in total. The van der Waals surface area contributed by atoms with Gasteiger partial charge in [0.15, 0.2) is 6.61 Å². The Bertz CT molecular complexity index is 541. The fourth-order valence-electron chi connectivity index (χ4n) is 1.41. The molecule has 4 nitrogen and oxygen atoms in total. The third kappa shape index (κ3) is 5.46. The first-order valence-corrected chi connectivity index (χ1v) is 7.45. The number of carbonyl (C=O) groups is 2. The predicted octanol–water partition coefficient (Wildman–Crippen LogP) is 3.97. The SMILES string of the molecule is CC(C)=CC(=O)OCC(=O)Nc1c(Br)cc(C)cc1Br. The summed E-state index contributed by atoms with van der Waals surface area (Å²) in [7, 11) is 0. The standard InChI is InChI=1S/C14H15Br2NO3/c1-8(2)4-13(19)20-7-12(18)17-14-10(15)5-9(3)6-11(14)16/h4-6H,7H2,1-3H3,(H,17,18). The molecule has 0 heterocycles. The molecule has 0 saturated heterocycles. The second kappa shape index (κ2) is 7.59. The van der Waals surface area contributed by atoms with E-state index in [1.165, 1.54) is 6.08 Å². The van der Waals surface area contributed by atoms with Crippen LogP contribution in [0.2, 0.25) is 0 Å². The quantitative estimate of drug-likeness (QED) is 0.610. The van der Waals surface area contributed by atoms with E-state index in [2.05, 4.69) is 37.2 Å². The van der Waals surface area contributed by atoms with Crippen molar-refractivity contribution in [3.05, 3.63) is 38.3 Å². The number of aryl methyl sites for hydroxylation is 1. The number of esters is 1. The molecule has 0 aliphatic rings. The van der Waals surface area contributed by atoms with Crippen molar-refractivity contribution in [2.24, 2.45) is 0 Å². The molecule has 0 atom stereocenters. The molecule has 0 bridgehead atoms. The summed E-state index contributed by atoms with van der Waals surface area (Å²) in [4.78, 5) is 23.0. The molecule has 0 spiro atoms. The van der Waals surface area contributed by atoms with Crippen molar-refractivity contribution in [3.8, 4) is 0 Å². The van der Waals surface area contributed by atoms with Crippen LogP contribution < -0.4 is 5.32 Å². The fourth-order valence-corrected chi connectivity index (χ4v) is 3.02. The zero-order valence-electron chi connectivity index (χ0n) is 11.4. The summed E-state index contributed by atoms with van der Waals surface area (Å²) >= 11 is 6.75. The molecule has 0 aliphatic heterocycles. The van der Waals surface area contributed by atoms with E-state index in [1.807, 2.05) is 19.1 Å². The van der Waals surface area contributed by atoms with Crippen molar-refractivity contribution in [1.82, 2.24) is 0 Å². The van der Waals surface area contributed by atoms with Crippen LogP contribution in [0.1, 0.15) is 19.4 Å². The average molecular weight is 405 g/mol. The maximum atomic E-state index is 11.7. The Morgan fingerprint density at radius 2 is 1.80 bits per heavy atom. The summed E-state index contributed by atoms with van der Waals surface area (Å²) in [6.07, 6.45) is 1.34. The fraction of sp³-hybridized carbons (Fsp3) is 0.286. The number of amides is 1. The summed E-state index contributed by atoms with van der Waals surface area (Å²) in [5.41, 5.74) is 2.48. The van der Waals surface area contributed by atoms with Gasteiger partial charge in [-0.2, -0.15) is 0 Å².